The van der Waals surface area contributed by atoms with Crippen LogP contribution < -0.4 is 0 Å². The van der Waals surface area contributed by atoms with Crippen LogP contribution in [0.4, 0.5) is 0 Å². The predicted octanol–water partition coefficient (Wildman–Crippen LogP) is 1.81. The van der Waals surface area contributed by atoms with Crippen molar-refractivity contribution in [2.24, 2.45) is 11.8 Å². The SMILES string of the molecule is CS(=O)(=O)N1CCCC(CC(=O)C2CCCC2)C1. The topological polar surface area (TPSA) is 54.5 Å². The van der Waals surface area contributed by atoms with Crippen LogP contribution in [-0.2, 0) is 14.8 Å². The van der Waals surface area contributed by atoms with Crippen LogP contribution >= 0.6 is 0 Å². The Bertz CT molecular complexity index is 398. The summed E-state index contributed by atoms with van der Waals surface area (Å²) in [6.45, 7) is 1.16. The van der Waals surface area contributed by atoms with E-state index in [2.05, 4.69) is 0 Å². The summed E-state index contributed by atoms with van der Waals surface area (Å²) >= 11 is 0. The van der Waals surface area contributed by atoms with Gasteiger partial charge in [0.1, 0.15) is 5.78 Å². The minimum absolute atomic E-state index is 0.238. The molecule has 0 aromatic rings. The van der Waals surface area contributed by atoms with Crippen LogP contribution in [0, 0.1) is 11.8 Å². The van der Waals surface area contributed by atoms with Gasteiger partial charge in [-0.25, -0.2) is 12.7 Å². The molecule has 0 N–H and O–H groups in total. The number of Topliss-reactive ketones (excluding diaryl/α,β-unsaturated/α-hetero) is 1. The molecule has 18 heavy (non-hydrogen) atoms. The van der Waals surface area contributed by atoms with Crippen molar-refractivity contribution in [2.45, 2.75) is 44.9 Å². The molecular weight excluding hydrogens is 250 g/mol. The van der Waals surface area contributed by atoms with Crippen LogP contribution in [0.3, 0.4) is 0 Å². The lowest BCUT2D eigenvalue weighted by Gasteiger charge is -2.31. The molecule has 104 valence electrons. The van der Waals surface area contributed by atoms with Crippen molar-refractivity contribution in [3.8, 4) is 0 Å². The molecule has 1 unspecified atom stereocenters. The molecule has 0 radical (unpaired) electrons. The molecule has 2 rings (SSSR count). The molecule has 2 aliphatic rings. The van der Waals surface area contributed by atoms with Crippen LogP contribution in [0.5, 0.6) is 0 Å². The zero-order valence-corrected chi connectivity index (χ0v) is 11.9. The normalized spacial score (nSPS) is 27.5. The van der Waals surface area contributed by atoms with E-state index in [9.17, 15) is 13.2 Å². The van der Waals surface area contributed by atoms with Crippen molar-refractivity contribution in [1.82, 2.24) is 4.31 Å². The average Bonchev–Trinajstić information content (AvgIpc) is 2.81. The first kappa shape index (κ1) is 14.0. The number of piperidine rings is 1. The Kier molecular flexibility index (Phi) is 4.43. The van der Waals surface area contributed by atoms with Crippen molar-refractivity contribution in [1.29, 1.82) is 0 Å². The number of carbonyl (C=O) groups is 1. The second-order valence-electron chi connectivity index (χ2n) is 5.78. The molecule has 4 nitrogen and oxygen atoms in total. The van der Waals surface area contributed by atoms with Crippen molar-refractivity contribution >= 4 is 15.8 Å². The highest BCUT2D eigenvalue weighted by molar-refractivity contribution is 7.88. The maximum atomic E-state index is 12.1. The Morgan fingerprint density at radius 1 is 1.17 bits per heavy atom. The van der Waals surface area contributed by atoms with Gasteiger partial charge in [-0.2, -0.15) is 0 Å². The highest BCUT2D eigenvalue weighted by Gasteiger charge is 2.30. The zero-order chi connectivity index (χ0) is 13.2. The Balaban J connectivity index is 1.87. The van der Waals surface area contributed by atoms with Gasteiger partial charge >= 0.3 is 0 Å². The van der Waals surface area contributed by atoms with E-state index in [1.165, 1.54) is 23.4 Å². The molecule has 1 saturated carbocycles. The lowest BCUT2D eigenvalue weighted by atomic mass is 9.89. The summed E-state index contributed by atoms with van der Waals surface area (Å²) in [5.41, 5.74) is 0. The smallest absolute Gasteiger partial charge is 0.211 e. The van der Waals surface area contributed by atoms with Gasteiger partial charge in [-0.15, -0.1) is 0 Å². The molecule has 0 aromatic carbocycles. The van der Waals surface area contributed by atoms with E-state index in [4.69, 9.17) is 0 Å². The van der Waals surface area contributed by atoms with Gasteiger partial charge in [0.2, 0.25) is 10.0 Å². The van der Waals surface area contributed by atoms with Gasteiger partial charge in [-0.05, 0) is 31.6 Å². The second kappa shape index (κ2) is 5.70. The van der Waals surface area contributed by atoms with E-state index in [1.807, 2.05) is 0 Å². The lowest BCUT2D eigenvalue weighted by Crippen LogP contribution is -2.40. The Morgan fingerprint density at radius 3 is 2.44 bits per heavy atom. The van der Waals surface area contributed by atoms with Gasteiger partial charge in [0, 0.05) is 25.4 Å². The highest BCUT2D eigenvalue weighted by atomic mass is 32.2. The number of hydrogen-bond acceptors (Lipinski definition) is 3. The predicted molar refractivity (Wildman–Crippen MR) is 70.7 cm³/mol. The van der Waals surface area contributed by atoms with Crippen LogP contribution in [0.2, 0.25) is 0 Å². The molecule has 0 bridgehead atoms. The first-order valence-corrected chi connectivity index (χ1v) is 8.79. The third kappa shape index (κ3) is 3.54. The van der Waals surface area contributed by atoms with Crippen LogP contribution in [-0.4, -0.2) is 37.9 Å². The van der Waals surface area contributed by atoms with Gasteiger partial charge in [-0.3, -0.25) is 4.79 Å². The molecule has 1 aliphatic carbocycles. The molecule has 1 atom stereocenters. The van der Waals surface area contributed by atoms with Crippen molar-refractivity contribution in [2.75, 3.05) is 19.3 Å². The van der Waals surface area contributed by atoms with E-state index >= 15 is 0 Å². The summed E-state index contributed by atoms with van der Waals surface area (Å²) in [5, 5.41) is 0. The quantitative estimate of drug-likeness (QED) is 0.785. The number of carbonyl (C=O) groups excluding carboxylic acids is 1. The maximum absolute atomic E-state index is 12.1. The fraction of sp³-hybridized carbons (Fsp3) is 0.923. The molecule has 0 amide bonds. The van der Waals surface area contributed by atoms with Crippen LogP contribution in [0.15, 0.2) is 0 Å². The molecular formula is C13H23NO3S. The van der Waals surface area contributed by atoms with E-state index in [1.54, 1.807) is 0 Å². The Labute approximate surface area is 110 Å². The third-order valence-corrected chi connectivity index (χ3v) is 5.52. The number of hydrogen-bond donors (Lipinski definition) is 0. The Hall–Kier alpha value is -0.420. The average molecular weight is 273 g/mol. The highest BCUT2D eigenvalue weighted by Crippen LogP contribution is 2.29. The second-order valence-corrected chi connectivity index (χ2v) is 7.76. The van der Waals surface area contributed by atoms with Crippen molar-refractivity contribution in [3.63, 3.8) is 0 Å². The van der Waals surface area contributed by atoms with Gasteiger partial charge < -0.3 is 0 Å². The van der Waals surface area contributed by atoms with Crippen LogP contribution in [0.1, 0.15) is 44.9 Å². The number of nitrogens with zero attached hydrogens (tertiary/aromatic N) is 1. The Morgan fingerprint density at radius 2 is 1.83 bits per heavy atom. The van der Waals surface area contributed by atoms with E-state index in [0.717, 1.165) is 25.7 Å². The number of rotatable bonds is 4. The maximum Gasteiger partial charge on any atom is 0.211 e. The third-order valence-electron chi connectivity index (χ3n) is 4.25. The van der Waals surface area contributed by atoms with E-state index < -0.39 is 10.0 Å². The summed E-state index contributed by atoms with van der Waals surface area (Å²) in [7, 11) is -3.09. The number of ketones is 1. The summed E-state index contributed by atoms with van der Waals surface area (Å²) < 4.78 is 24.6. The van der Waals surface area contributed by atoms with Gasteiger partial charge in [0.05, 0.1) is 6.26 Å². The summed E-state index contributed by atoms with van der Waals surface area (Å²) in [6.07, 6.45) is 8.15. The van der Waals surface area contributed by atoms with Gasteiger partial charge in [0.15, 0.2) is 0 Å². The fourth-order valence-electron chi connectivity index (χ4n) is 3.19. The van der Waals surface area contributed by atoms with Gasteiger partial charge in [0.25, 0.3) is 0 Å². The van der Waals surface area contributed by atoms with Crippen molar-refractivity contribution < 1.29 is 13.2 Å². The van der Waals surface area contributed by atoms with Crippen molar-refractivity contribution in [3.05, 3.63) is 0 Å². The molecule has 2 fully saturated rings. The first-order chi connectivity index (χ1) is 8.47. The minimum atomic E-state index is -3.09. The monoisotopic (exact) mass is 273 g/mol. The number of sulfonamides is 1. The molecule has 0 spiro atoms. The summed E-state index contributed by atoms with van der Waals surface area (Å²) in [6, 6.07) is 0. The fourth-order valence-corrected chi connectivity index (χ4v) is 4.14. The van der Waals surface area contributed by atoms with E-state index in [0.29, 0.717) is 25.3 Å². The minimum Gasteiger partial charge on any atom is -0.299 e. The van der Waals surface area contributed by atoms with Gasteiger partial charge in [-0.1, -0.05) is 12.8 Å². The molecule has 0 aromatic heterocycles. The molecule has 5 heteroatoms. The summed E-state index contributed by atoms with van der Waals surface area (Å²) in [5.74, 6) is 0.869. The lowest BCUT2D eigenvalue weighted by molar-refractivity contribution is -0.123. The summed E-state index contributed by atoms with van der Waals surface area (Å²) in [4.78, 5) is 12.1. The van der Waals surface area contributed by atoms with Crippen LogP contribution in [0.25, 0.3) is 0 Å². The zero-order valence-electron chi connectivity index (χ0n) is 11.1. The largest absolute Gasteiger partial charge is 0.299 e. The standard InChI is InChI=1S/C13H23NO3S/c1-18(16,17)14-8-4-5-11(10-14)9-13(15)12-6-2-3-7-12/h11-12H,2-10H2,1H3. The molecule has 1 saturated heterocycles. The molecule has 1 aliphatic heterocycles. The van der Waals surface area contributed by atoms with E-state index in [-0.39, 0.29) is 11.8 Å². The molecule has 1 heterocycles. The first-order valence-electron chi connectivity index (χ1n) is 6.94.